The van der Waals surface area contributed by atoms with Crippen LogP contribution in [-0.4, -0.2) is 5.97 Å². The van der Waals surface area contributed by atoms with Crippen molar-refractivity contribution in [2.75, 3.05) is 0 Å². The number of rotatable bonds is 27. The number of hydrogen-bond donors (Lipinski definition) is 0. The van der Waals surface area contributed by atoms with Crippen LogP contribution < -0.4 is 0 Å². The number of allylic oxidation sites excluding steroid dienone is 1. The van der Waals surface area contributed by atoms with E-state index in [9.17, 15) is 4.79 Å². The standard InChI is InChI=1S/C33H62O2/c1-3-5-7-9-11-13-15-17-18-20-22-24-26-28-30-32-31(33(34)35-32)29-27-25-23-21-19-16-14-12-10-8-6-4-2/h30-31H,3-29H2,1-2H3. The van der Waals surface area contributed by atoms with Crippen molar-refractivity contribution in [2.45, 2.75) is 187 Å². The highest BCUT2D eigenvalue weighted by atomic mass is 16.6. The Morgan fingerprint density at radius 3 is 1.23 bits per heavy atom. The second-order valence-corrected chi connectivity index (χ2v) is 11.3. The number of hydrogen-bond acceptors (Lipinski definition) is 2. The van der Waals surface area contributed by atoms with E-state index in [1.165, 1.54) is 161 Å². The fraction of sp³-hybridized carbons (Fsp3) is 0.909. The van der Waals surface area contributed by atoms with Crippen LogP contribution in [0.4, 0.5) is 0 Å². The van der Waals surface area contributed by atoms with Gasteiger partial charge in [0.1, 0.15) is 11.7 Å². The van der Waals surface area contributed by atoms with E-state index in [2.05, 4.69) is 19.9 Å². The lowest BCUT2D eigenvalue weighted by molar-refractivity contribution is -0.157. The van der Waals surface area contributed by atoms with Gasteiger partial charge in [0.2, 0.25) is 0 Å². The zero-order chi connectivity index (χ0) is 25.2. The van der Waals surface area contributed by atoms with Crippen molar-refractivity contribution in [3.8, 4) is 0 Å². The molecule has 206 valence electrons. The molecule has 0 aliphatic carbocycles. The van der Waals surface area contributed by atoms with Gasteiger partial charge in [-0.2, -0.15) is 0 Å². The number of cyclic esters (lactones) is 1. The first-order valence-electron chi connectivity index (χ1n) is 16.2. The first-order valence-corrected chi connectivity index (χ1v) is 16.2. The fourth-order valence-corrected chi connectivity index (χ4v) is 5.36. The summed E-state index contributed by atoms with van der Waals surface area (Å²) in [5, 5.41) is 0. The minimum absolute atomic E-state index is 0.0182. The zero-order valence-corrected chi connectivity index (χ0v) is 24.1. The van der Waals surface area contributed by atoms with E-state index in [-0.39, 0.29) is 11.9 Å². The number of esters is 1. The van der Waals surface area contributed by atoms with Crippen molar-refractivity contribution in [3.05, 3.63) is 11.8 Å². The summed E-state index contributed by atoms with van der Waals surface area (Å²) in [4.78, 5) is 11.9. The minimum Gasteiger partial charge on any atom is -0.430 e. The van der Waals surface area contributed by atoms with Crippen LogP contribution in [-0.2, 0) is 9.53 Å². The molecule has 1 heterocycles. The molecule has 1 saturated heterocycles. The average Bonchev–Trinajstić information content (AvgIpc) is 2.86. The Bertz CT molecular complexity index is 495. The molecule has 1 aliphatic rings. The molecule has 1 rings (SSSR count). The molecule has 0 aromatic rings. The van der Waals surface area contributed by atoms with Crippen LogP contribution in [0.15, 0.2) is 11.8 Å². The molecule has 1 fully saturated rings. The molecule has 0 aromatic carbocycles. The Kier molecular flexibility index (Phi) is 22.9. The summed E-state index contributed by atoms with van der Waals surface area (Å²) in [6.07, 6.45) is 38.8. The zero-order valence-electron chi connectivity index (χ0n) is 24.1. The molecule has 1 aliphatic heterocycles. The smallest absolute Gasteiger partial charge is 0.321 e. The lowest BCUT2D eigenvalue weighted by Gasteiger charge is -2.28. The summed E-state index contributed by atoms with van der Waals surface area (Å²) in [5.41, 5.74) is 0. The lowest BCUT2D eigenvalue weighted by Crippen LogP contribution is -2.32. The molecule has 0 amide bonds. The highest BCUT2D eigenvalue weighted by Gasteiger charge is 2.36. The van der Waals surface area contributed by atoms with E-state index >= 15 is 0 Å². The van der Waals surface area contributed by atoms with Gasteiger partial charge in [-0.25, -0.2) is 0 Å². The SMILES string of the molecule is CCCCCCCCCCCCCCCC=C1OC(=O)C1CCCCCCCCCCCCCC. The van der Waals surface area contributed by atoms with Crippen LogP contribution in [0.1, 0.15) is 187 Å². The largest absolute Gasteiger partial charge is 0.430 e. The highest BCUT2D eigenvalue weighted by molar-refractivity contribution is 5.82. The van der Waals surface area contributed by atoms with Crippen molar-refractivity contribution in [1.82, 2.24) is 0 Å². The van der Waals surface area contributed by atoms with Gasteiger partial charge in [-0.3, -0.25) is 4.79 Å². The van der Waals surface area contributed by atoms with Crippen LogP contribution in [0, 0.1) is 5.92 Å². The fourth-order valence-electron chi connectivity index (χ4n) is 5.36. The molecule has 35 heavy (non-hydrogen) atoms. The van der Waals surface area contributed by atoms with Gasteiger partial charge in [0.25, 0.3) is 0 Å². The highest BCUT2D eigenvalue weighted by Crippen LogP contribution is 2.32. The van der Waals surface area contributed by atoms with Gasteiger partial charge in [0, 0.05) is 0 Å². The number of unbranched alkanes of at least 4 members (excludes halogenated alkanes) is 24. The molecule has 2 nitrogen and oxygen atoms in total. The quantitative estimate of drug-likeness (QED) is 0.0845. The van der Waals surface area contributed by atoms with E-state index in [4.69, 9.17) is 4.74 Å². The van der Waals surface area contributed by atoms with E-state index in [1.807, 2.05) is 0 Å². The third-order valence-corrected chi connectivity index (χ3v) is 7.85. The van der Waals surface area contributed by atoms with Crippen molar-refractivity contribution in [3.63, 3.8) is 0 Å². The number of carbonyl (C=O) groups is 1. The Morgan fingerprint density at radius 1 is 0.514 bits per heavy atom. The Morgan fingerprint density at radius 2 is 0.857 bits per heavy atom. The van der Waals surface area contributed by atoms with Gasteiger partial charge in [0.05, 0.1) is 0 Å². The first kappa shape index (κ1) is 32.2. The predicted octanol–water partition coefficient (Wildman–Crippen LogP) is 11.6. The Labute approximate surface area is 220 Å². The first-order chi connectivity index (χ1) is 17.3. The van der Waals surface area contributed by atoms with Crippen LogP contribution in [0.3, 0.4) is 0 Å². The molecule has 2 heteroatoms. The molecular formula is C33H62O2. The van der Waals surface area contributed by atoms with Gasteiger partial charge >= 0.3 is 5.97 Å². The molecule has 0 N–H and O–H groups in total. The van der Waals surface area contributed by atoms with Gasteiger partial charge in [0.15, 0.2) is 0 Å². The third-order valence-electron chi connectivity index (χ3n) is 7.85. The minimum atomic E-state index is 0.0182. The van der Waals surface area contributed by atoms with E-state index in [1.54, 1.807) is 0 Å². The van der Waals surface area contributed by atoms with Crippen LogP contribution >= 0.6 is 0 Å². The third kappa shape index (κ3) is 19.0. The maximum atomic E-state index is 11.9. The maximum Gasteiger partial charge on any atom is 0.321 e. The van der Waals surface area contributed by atoms with Crippen molar-refractivity contribution < 1.29 is 9.53 Å². The van der Waals surface area contributed by atoms with Gasteiger partial charge in [-0.05, 0) is 25.3 Å². The second-order valence-electron chi connectivity index (χ2n) is 11.3. The van der Waals surface area contributed by atoms with E-state index in [0.29, 0.717) is 0 Å². The molecule has 0 bridgehead atoms. The molecule has 0 spiro atoms. The summed E-state index contributed by atoms with van der Waals surface area (Å²) in [5.74, 6) is 1.08. The molecule has 0 aromatic heterocycles. The summed E-state index contributed by atoms with van der Waals surface area (Å²) < 4.78 is 5.34. The molecule has 1 unspecified atom stereocenters. The van der Waals surface area contributed by atoms with Crippen molar-refractivity contribution >= 4 is 5.97 Å². The van der Waals surface area contributed by atoms with E-state index < -0.39 is 0 Å². The summed E-state index contributed by atoms with van der Waals surface area (Å²) in [6, 6.07) is 0. The number of ether oxygens (including phenoxy) is 1. The summed E-state index contributed by atoms with van der Waals surface area (Å²) in [6.45, 7) is 4.57. The van der Waals surface area contributed by atoms with Crippen molar-refractivity contribution in [1.29, 1.82) is 0 Å². The van der Waals surface area contributed by atoms with Crippen LogP contribution in [0.25, 0.3) is 0 Å². The molecule has 1 atom stereocenters. The predicted molar refractivity (Wildman–Crippen MR) is 154 cm³/mol. The average molecular weight is 491 g/mol. The summed E-state index contributed by atoms with van der Waals surface area (Å²) in [7, 11) is 0. The molecular weight excluding hydrogens is 428 g/mol. The molecule has 0 saturated carbocycles. The topological polar surface area (TPSA) is 26.3 Å². The normalized spacial score (nSPS) is 16.6. The van der Waals surface area contributed by atoms with Gasteiger partial charge in [-0.15, -0.1) is 0 Å². The number of carbonyl (C=O) groups excluding carboxylic acids is 1. The maximum absolute atomic E-state index is 11.9. The van der Waals surface area contributed by atoms with Gasteiger partial charge in [-0.1, -0.05) is 168 Å². The summed E-state index contributed by atoms with van der Waals surface area (Å²) >= 11 is 0. The Balaban J connectivity index is 1.87. The van der Waals surface area contributed by atoms with Crippen LogP contribution in [0.5, 0.6) is 0 Å². The van der Waals surface area contributed by atoms with Gasteiger partial charge < -0.3 is 4.74 Å². The van der Waals surface area contributed by atoms with E-state index in [0.717, 1.165) is 18.6 Å². The second kappa shape index (κ2) is 24.9. The lowest BCUT2D eigenvalue weighted by atomic mass is 9.93. The Hall–Kier alpha value is -0.790. The molecule has 0 radical (unpaired) electrons. The van der Waals surface area contributed by atoms with Crippen LogP contribution in [0.2, 0.25) is 0 Å². The van der Waals surface area contributed by atoms with Crippen molar-refractivity contribution in [2.24, 2.45) is 5.92 Å². The monoisotopic (exact) mass is 490 g/mol.